The molecule has 19 heavy (non-hydrogen) atoms. The summed E-state index contributed by atoms with van der Waals surface area (Å²) in [5.74, 6) is -0.657. The zero-order valence-electron chi connectivity index (χ0n) is 9.10. The molecule has 101 valence electrons. The van der Waals surface area contributed by atoms with E-state index in [9.17, 15) is 21.9 Å². The van der Waals surface area contributed by atoms with Crippen molar-refractivity contribution < 1.29 is 31.0 Å². The molecule has 0 fully saturated rings. The predicted octanol–water partition coefficient (Wildman–Crippen LogP) is 0.839. The quantitative estimate of drug-likeness (QED) is 0.701. The molecule has 0 spiro atoms. The highest BCUT2D eigenvalue weighted by atomic mass is 32.2. The number of rotatable bonds is 2. The Morgan fingerprint density at radius 2 is 1.53 bits per heavy atom. The van der Waals surface area contributed by atoms with Crippen molar-refractivity contribution >= 4 is 31.0 Å². The van der Waals surface area contributed by atoms with E-state index in [1.807, 2.05) is 0 Å². The number of phenols is 1. The molecule has 3 N–H and O–H groups in total. The van der Waals surface area contributed by atoms with E-state index >= 15 is 0 Å². The maximum absolute atomic E-state index is 11.2. The van der Waals surface area contributed by atoms with Crippen LogP contribution in [0.5, 0.6) is 5.75 Å². The van der Waals surface area contributed by atoms with E-state index in [4.69, 9.17) is 9.11 Å². The summed E-state index contributed by atoms with van der Waals surface area (Å²) >= 11 is 0. The molecule has 0 unspecified atom stereocenters. The van der Waals surface area contributed by atoms with Gasteiger partial charge in [-0.1, -0.05) is 12.1 Å². The fourth-order valence-electron chi connectivity index (χ4n) is 1.69. The topological polar surface area (TPSA) is 129 Å². The third-order valence-corrected chi connectivity index (χ3v) is 4.21. The molecule has 7 nitrogen and oxygen atoms in total. The largest absolute Gasteiger partial charge is 0.507 e. The SMILES string of the molecule is O=S(=O)(O)c1c[c]c(O)c2c(S(=O)(=O)O)cccc12. The molecule has 0 aliphatic rings. The fourth-order valence-corrected chi connectivity index (χ4v) is 3.06. The number of phenolic OH excluding ortho intramolecular Hbond substituents is 1. The number of hydrogen-bond donors (Lipinski definition) is 3. The molecular weight excluding hydrogens is 296 g/mol. The highest BCUT2D eigenvalue weighted by molar-refractivity contribution is 7.86. The van der Waals surface area contributed by atoms with E-state index in [1.165, 1.54) is 12.1 Å². The summed E-state index contributed by atoms with van der Waals surface area (Å²) < 4.78 is 62.8. The minimum absolute atomic E-state index is 0.242. The van der Waals surface area contributed by atoms with Crippen LogP contribution in [-0.2, 0) is 20.2 Å². The second-order valence-electron chi connectivity index (χ2n) is 3.63. The van der Waals surface area contributed by atoms with Crippen molar-refractivity contribution in [2.45, 2.75) is 9.79 Å². The lowest BCUT2D eigenvalue weighted by molar-refractivity contribution is 0.471. The van der Waals surface area contributed by atoms with Crippen molar-refractivity contribution in [3.8, 4) is 5.75 Å². The van der Waals surface area contributed by atoms with Crippen LogP contribution in [0, 0.1) is 6.07 Å². The summed E-state index contributed by atoms with van der Waals surface area (Å²) in [6.45, 7) is 0. The van der Waals surface area contributed by atoms with Gasteiger partial charge in [0.15, 0.2) is 0 Å². The van der Waals surface area contributed by atoms with Crippen molar-refractivity contribution in [3.63, 3.8) is 0 Å². The van der Waals surface area contributed by atoms with Gasteiger partial charge in [-0.05, 0) is 12.1 Å². The normalized spacial score (nSPS) is 12.7. The summed E-state index contributed by atoms with van der Waals surface area (Å²) in [6.07, 6.45) is 0. The average molecular weight is 303 g/mol. The molecule has 0 bridgehead atoms. The Bertz CT molecular complexity index is 866. The number of benzene rings is 2. The molecule has 0 atom stereocenters. The Kier molecular flexibility index (Phi) is 3.01. The van der Waals surface area contributed by atoms with Crippen LogP contribution in [0.1, 0.15) is 0 Å². The molecule has 9 heteroatoms. The van der Waals surface area contributed by atoms with Crippen LogP contribution in [0.25, 0.3) is 10.8 Å². The second-order valence-corrected chi connectivity index (χ2v) is 6.41. The van der Waals surface area contributed by atoms with Gasteiger partial charge in [-0.2, -0.15) is 16.8 Å². The standard InChI is InChI=1S/C10H7O7S2/c11-7-4-5-8(18(12,13)14)6-2-1-3-9(10(6)7)19(15,16)17/h1-3,5,11H,(H,12,13,14)(H,15,16,17). The predicted molar refractivity (Wildman–Crippen MR) is 64.1 cm³/mol. The summed E-state index contributed by atoms with van der Waals surface area (Å²) in [7, 11) is -9.30. The molecule has 0 saturated heterocycles. The molecule has 0 aromatic heterocycles. The van der Waals surface area contributed by atoms with Gasteiger partial charge < -0.3 is 5.11 Å². The van der Waals surface area contributed by atoms with Gasteiger partial charge in [0.25, 0.3) is 20.2 Å². The molecule has 0 aliphatic heterocycles. The number of hydrogen-bond acceptors (Lipinski definition) is 5. The Morgan fingerprint density at radius 1 is 0.947 bits per heavy atom. The van der Waals surface area contributed by atoms with Gasteiger partial charge in [0.2, 0.25) is 0 Å². The van der Waals surface area contributed by atoms with Gasteiger partial charge in [-0.3, -0.25) is 9.11 Å². The molecule has 0 amide bonds. The lowest BCUT2D eigenvalue weighted by atomic mass is 10.1. The van der Waals surface area contributed by atoms with Crippen molar-refractivity contribution in [1.29, 1.82) is 0 Å². The summed E-state index contributed by atoms with van der Waals surface area (Å²) in [4.78, 5) is -1.30. The highest BCUT2D eigenvalue weighted by Gasteiger charge is 2.22. The molecular formula is C10H7O7S2. The third kappa shape index (κ3) is 2.40. The first kappa shape index (κ1) is 13.7. The average Bonchev–Trinajstić information content (AvgIpc) is 2.25. The molecule has 1 radical (unpaired) electrons. The minimum Gasteiger partial charge on any atom is -0.507 e. The second kappa shape index (κ2) is 4.17. The Labute approximate surface area is 108 Å². The van der Waals surface area contributed by atoms with E-state index in [2.05, 4.69) is 6.07 Å². The first-order valence-corrected chi connectivity index (χ1v) is 7.62. The number of fused-ring (bicyclic) bond motifs is 1. The Balaban J connectivity index is 3.09. The summed E-state index contributed by atoms with van der Waals surface area (Å²) in [5, 5.41) is 8.93. The third-order valence-electron chi connectivity index (χ3n) is 2.42. The summed E-state index contributed by atoms with van der Waals surface area (Å²) in [5.41, 5.74) is 0. The van der Waals surface area contributed by atoms with Crippen LogP contribution in [0.2, 0.25) is 0 Å². The first-order valence-electron chi connectivity index (χ1n) is 4.74. The molecule has 0 aliphatic carbocycles. The molecule has 0 heterocycles. The van der Waals surface area contributed by atoms with Crippen molar-refractivity contribution in [2.24, 2.45) is 0 Å². The highest BCUT2D eigenvalue weighted by Crippen LogP contribution is 2.34. The van der Waals surface area contributed by atoms with Gasteiger partial charge >= 0.3 is 0 Å². The van der Waals surface area contributed by atoms with Crippen LogP contribution in [0.3, 0.4) is 0 Å². The molecule has 0 saturated carbocycles. The maximum Gasteiger partial charge on any atom is 0.295 e. The molecule has 2 rings (SSSR count). The van der Waals surface area contributed by atoms with Crippen LogP contribution in [-0.4, -0.2) is 31.0 Å². The van der Waals surface area contributed by atoms with Crippen LogP contribution in [0.4, 0.5) is 0 Å². The van der Waals surface area contributed by atoms with E-state index in [0.29, 0.717) is 0 Å². The Hall–Kier alpha value is -1.68. The van der Waals surface area contributed by atoms with Crippen LogP contribution >= 0.6 is 0 Å². The van der Waals surface area contributed by atoms with E-state index < -0.39 is 41.2 Å². The lowest BCUT2D eigenvalue weighted by Crippen LogP contribution is -2.03. The number of aromatic hydroxyl groups is 1. The van der Waals surface area contributed by atoms with Crippen molar-refractivity contribution in [2.75, 3.05) is 0 Å². The molecule has 2 aromatic carbocycles. The van der Waals surface area contributed by atoms with Crippen LogP contribution in [0.15, 0.2) is 34.1 Å². The van der Waals surface area contributed by atoms with Gasteiger partial charge in [-0.15, -0.1) is 0 Å². The van der Waals surface area contributed by atoms with Gasteiger partial charge in [0.05, 0.1) is 0 Å². The van der Waals surface area contributed by atoms with E-state index in [-0.39, 0.29) is 5.39 Å². The summed E-state index contributed by atoms with van der Waals surface area (Å²) in [6, 6.07) is 6.24. The Morgan fingerprint density at radius 3 is 2.05 bits per heavy atom. The van der Waals surface area contributed by atoms with Gasteiger partial charge in [0.1, 0.15) is 15.5 Å². The first-order chi connectivity index (χ1) is 8.62. The van der Waals surface area contributed by atoms with E-state index in [1.54, 1.807) is 0 Å². The van der Waals surface area contributed by atoms with Crippen LogP contribution < -0.4 is 0 Å². The van der Waals surface area contributed by atoms with Gasteiger partial charge in [0, 0.05) is 16.8 Å². The van der Waals surface area contributed by atoms with E-state index in [0.717, 1.165) is 12.1 Å². The van der Waals surface area contributed by atoms with Gasteiger partial charge in [-0.25, -0.2) is 0 Å². The fraction of sp³-hybridized carbons (Fsp3) is 0. The molecule has 2 aromatic rings. The zero-order valence-corrected chi connectivity index (χ0v) is 10.7. The lowest BCUT2D eigenvalue weighted by Gasteiger charge is -2.08. The zero-order chi connectivity index (χ0) is 14.4. The monoisotopic (exact) mass is 303 g/mol. The maximum atomic E-state index is 11.2. The van der Waals surface area contributed by atoms with Crippen molar-refractivity contribution in [3.05, 3.63) is 30.3 Å². The smallest absolute Gasteiger partial charge is 0.295 e. The van der Waals surface area contributed by atoms with Crippen molar-refractivity contribution in [1.82, 2.24) is 0 Å². The minimum atomic E-state index is -4.67.